The minimum atomic E-state index is 0.384. The summed E-state index contributed by atoms with van der Waals surface area (Å²) in [5.41, 5.74) is 1.11. The molecule has 1 fully saturated rings. The molecule has 0 amide bonds. The van der Waals surface area contributed by atoms with Gasteiger partial charge < -0.3 is 10.1 Å². The summed E-state index contributed by atoms with van der Waals surface area (Å²) in [4.78, 5) is 4.31. The van der Waals surface area contributed by atoms with E-state index in [-0.39, 0.29) is 0 Å². The zero-order valence-electron chi connectivity index (χ0n) is 8.79. The van der Waals surface area contributed by atoms with Gasteiger partial charge in [0.25, 0.3) is 0 Å². The van der Waals surface area contributed by atoms with Gasteiger partial charge in [-0.2, -0.15) is 0 Å². The van der Waals surface area contributed by atoms with E-state index in [2.05, 4.69) is 32.3 Å². The molecule has 0 radical (unpaired) electrons. The van der Waals surface area contributed by atoms with Gasteiger partial charge in [0.2, 0.25) is 5.88 Å². The Balaban J connectivity index is 2.12. The zero-order valence-corrected chi connectivity index (χ0v) is 10.4. The molecule has 1 aromatic rings. The van der Waals surface area contributed by atoms with Crippen LogP contribution in [0.3, 0.4) is 0 Å². The van der Waals surface area contributed by atoms with Crippen LogP contribution < -0.4 is 10.1 Å². The Morgan fingerprint density at radius 2 is 2.40 bits per heavy atom. The van der Waals surface area contributed by atoms with Gasteiger partial charge >= 0.3 is 0 Å². The van der Waals surface area contributed by atoms with E-state index in [1.54, 1.807) is 6.20 Å². The first-order valence-corrected chi connectivity index (χ1v) is 6.04. The van der Waals surface area contributed by atoms with Crippen molar-refractivity contribution < 1.29 is 4.74 Å². The lowest BCUT2D eigenvalue weighted by Gasteiger charge is -2.26. The van der Waals surface area contributed by atoms with Gasteiger partial charge in [-0.25, -0.2) is 4.98 Å². The van der Waals surface area contributed by atoms with Gasteiger partial charge in [0, 0.05) is 22.8 Å². The number of hydrogen-bond donors (Lipinski definition) is 1. The molecular weight excluding hydrogens is 256 g/mol. The lowest BCUT2D eigenvalue weighted by molar-refractivity contribution is 0.113. The molecule has 0 aliphatic heterocycles. The fourth-order valence-corrected chi connectivity index (χ4v) is 1.92. The predicted molar refractivity (Wildman–Crippen MR) is 63.0 cm³/mol. The normalized spacial score (nSPS) is 16.1. The van der Waals surface area contributed by atoms with Gasteiger partial charge in [-0.05, 0) is 48.3 Å². The molecule has 1 aromatic heterocycles. The molecule has 0 unspecified atom stereocenters. The molecule has 0 bridgehead atoms. The van der Waals surface area contributed by atoms with Crippen LogP contribution in [0, 0.1) is 0 Å². The molecule has 0 saturated heterocycles. The predicted octanol–water partition coefficient (Wildman–Crippen LogP) is 2.49. The quantitative estimate of drug-likeness (QED) is 0.913. The minimum Gasteiger partial charge on any atom is -0.474 e. The van der Waals surface area contributed by atoms with Crippen molar-refractivity contribution in [2.75, 3.05) is 7.05 Å². The molecule has 1 saturated carbocycles. The van der Waals surface area contributed by atoms with Crippen molar-refractivity contribution in [2.45, 2.75) is 31.9 Å². The van der Waals surface area contributed by atoms with Gasteiger partial charge in [-0.1, -0.05) is 0 Å². The molecule has 1 aliphatic carbocycles. The Labute approximate surface area is 98.4 Å². The molecule has 15 heavy (non-hydrogen) atoms. The number of hydrogen-bond acceptors (Lipinski definition) is 3. The highest BCUT2D eigenvalue weighted by Gasteiger charge is 2.20. The van der Waals surface area contributed by atoms with Crippen LogP contribution in [0.4, 0.5) is 0 Å². The standard InChI is InChI=1S/C11H15BrN2O/c1-13-6-8-5-9(12)7-14-11(8)15-10-3-2-4-10/h5,7,10,13H,2-4,6H2,1H3. The zero-order chi connectivity index (χ0) is 10.7. The molecule has 82 valence electrons. The highest BCUT2D eigenvalue weighted by Crippen LogP contribution is 2.27. The van der Waals surface area contributed by atoms with Crippen LogP contribution in [0.15, 0.2) is 16.7 Å². The van der Waals surface area contributed by atoms with Crippen LogP contribution in [0.25, 0.3) is 0 Å². The summed E-state index contributed by atoms with van der Waals surface area (Å²) >= 11 is 3.42. The maximum atomic E-state index is 5.82. The molecule has 4 heteroatoms. The van der Waals surface area contributed by atoms with Crippen LogP contribution in [0.5, 0.6) is 5.88 Å². The lowest BCUT2D eigenvalue weighted by Crippen LogP contribution is -2.26. The van der Waals surface area contributed by atoms with E-state index in [1.807, 2.05) is 7.05 Å². The highest BCUT2D eigenvalue weighted by atomic mass is 79.9. The summed E-state index contributed by atoms with van der Waals surface area (Å²) in [6, 6.07) is 2.05. The number of rotatable bonds is 4. The third-order valence-corrected chi connectivity index (χ3v) is 3.02. The van der Waals surface area contributed by atoms with E-state index in [0.29, 0.717) is 6.10 Å². The van der Waals surface area contributed by atoms with Gasteiger partial charge in [0.05, 0.1) is 0 Å². The number of halogens is 1. The van der Waals surface area contributed by atoms with Crippen LogP contribution >= 0.6 is 15.9 Å². The fourth-order valence-electron chi connectivity index (χ4n) is 1.54. The van der Waals surface area contributed by atoms with Gasteiger partial charge in [0.1, 0.15) is 6.10 Å². The summed E-state index contributed by atoms with van der Waals surface area (Å²) in [5.74, 6) is 0.775. The molecular formula is C11H15BrN2O. The summed E-state index contributed by atoms with van der Waals surface area (Å²) < 4.78 is 6.81. The molecule has 0 spiro atoms. The molecule has 0 aromatic carbocycles. The van der Waals surface area contributed by atoms with Gasteiger partial charge in [0.15, 0.2) is 0 Å². The summed E-state index contributed by atoms with van der Waals surface area (Å²) in [6.45, 7) is 0.786. The molecule has 1 N–H and O–H groups in total. The SMILES string of the molecule is CNCc1cc(Br)cnc1OC1CCC1. The van der Waals surface area contributed by atoms with Crippen LogP contribution in [0.1, 0.15) is 24.8 Å². The molecule has 1 heterocycles. The van der Waals surface area contributed by atoms with E-state index in [1.165, 1.54) is 6.42 Å². The second-order valence-electron chi connectivity index (χ2n) is 3.82. The summed E-state index contributed by atoms with van der Waals surface area (Å²) in [6.07, 6.45) is 5.78. The van der Waals surface area contributed by atoms with Crippen LogP contribution in [-0.2, 0) is 6.54 Å². The van der Waals surface area contributed by atoms with Crippen molar-refractivity contribution in [3.8, 4) is 5.88 Å². The average Bonchev–Trinajstić information content (AvgIpc) is 2.14. The first-order valence-electron chi connectivity index (χ1n) is 5.25. The number of nitrogens with one attached hydrogen (secondary N) is 1. The van der Waals surface area contributed by atoms with E-state index >= 15 is 0 Å². The Morgan fingerprint density at radius 1 is 1.60 bits per heavy atom. The van der Waals surface area contributed by atoms with Crippen molar-refractivity contribution in [1.82, 2.24) is 10.3 Å². The summed E-state index contributed by atoms with van der Waals surface area (Å²) in [7, 11) is 1.92. The van der Waals surface area contributed by atoms with E-state index < -0.39 is 0 Å². The second-order valence-corrected chi connectivity index (χ2v) is 4.73. The Kier molecular flexibility index (Phi) is 3.59. The number of aromatic nitrogens is 1. The van der Waals surface area contributed by atoms with Crippen molar-refractivity contribution in [1.29, 1.82) is 0 Å². The molecule has 0 atom stereocenters. The van der Waals surface area contributed by atoms with E-state index in [0.717, 1.165) is 35.3 Å². The average molecular weight is 271 g/mol. The first-order chi connectivity index (χ1) is 7.29. The van der Waals surface area contributed by atoms with Crippen molar-refractivity contribution in [3.63, 3.8) is 0 Å². The Morgan fingerprint density at radius 3 is 3.00 bits per heavy atom. The highest BCUT2D eigenvalue weighted by molar-refractivity contribution is 9.10. The van der Waals surface area contributed by atoms with Crippen LogP contribution in [0.2, 0.25) is 0 Å². The maximum absolute atomic E-state index is 5.82. The second kappa shape index (κ2) is 4.94. The largest absolute Gasteiger partial charge is 0.474 e. The number of nitrogens with zero attached hydrogens (tertiary/aromatic N) is 1. The molecule has 2 rings (SSSR count). The third-order valence-electron chi connectivity index (χ3n) is 2.59. The Bertz CT molecular complexity index is 339. The summed E-state index contributed by atoms with van der Waals surface area (Å²) in [5, 5.41) is 3.12. The third kappa shape index (κ3) is 2.69. The lowest BCUT2D eigenvalue weighted by atomic mass is 9.96. The van der Waals surface area contributed by atoms with Gasteiger partial charge in [-0.3, -0.25) is 0 Å². The maximum Gasteiger partial charge on any atom is 0.218 e. The molecule has 1 aliphatic rings. The van der Waals surface area contributed by atoms with Crippen LogP contribution in [-0.4, -0.2) is 18.1 Å². The molecule has 3 nitrogen and oxygen atoms in total. The topological polar surface area (TPSA) is 34.2 Å². The number of pyridine rings is 1. The van der Waals surface area contributed by atoms with Gasteiger partial charge in [-0.15, -0.1) is 0 Å². The smallest absolute Gasteiger partial charge is 0.218 e. The van der Waals surface area contributed by atoms with E-state index in [9.17, 15) is 0 Å². The minimum absolute atomic E-state index is 0.384. The van der Waals surface area contributed by atoms with Crippen molar-refractivity contribution in [2.24, 2.45) is 0 Å². The van der Waals surface area contributed by atoms with Crippen molar-refractivity contribution >= 4 is 15.9 Å². The monoisotopic (exact) mass is 270 g/mol. The van der Waals surface area contributed by atoms with Crippen molar-refractivity contribution in [3.05, 3.63) is 22.3 Å². The Hall–Kier alpha value is -0.610. The van der Waals surface area contributed by atoms with E-state index in [4.69, 9.17) is 4.74 Å². The number of ether oxygens (including phenoxy) is 1. The first kappa shape index (κ1) is 10.9. The fraction of sp³-hybridized carbons (Fsp3) is 0.545.